The van der Waals surface area contributed by atoms with Crippen LogP contribution in [0.5, 0.6) is 0 Å². The summed E-state index contributed by atoms with van der Waals surface area (Å²) in [5, 5.41) is 0.464. The third-order valence-electron chi connectivity index (χ3n) is 5.53. The van der Waals surface area contributed by atoms with E-state index in [0.717, 1.165) is 24.3 Å². The van der Waals surface area contributed by atoms with Gasteiger partial charge >= 0.3 is 0 Å². The summed E-state index contributed by atoms with van der Waals surface area (Å²) < 4.78 is 77.4. The molecule has 0 spiro atoms. The Morgan fingerprint density at radius 2 is 1.80 bits per heavy atom. The Hall–Kier alpha value is -3.81. The number of nitrogens with zero attached hydrogens (tertiary/aromatic N) is 4. The average Bonchev–Trinajstić information content (AvgIpc) is 3.34. The van der Waals surface area contributed by atoms with E-state index >= 15 is 4.39 Å². The van der Waals surface area contributed by atoms with Crippen molar-refractivity contribution < 1.29 is 26.3 Å². The molecule has 14 heteroatoms. The quantitative estimate of drug-likeness (QED) is 0.124. The number of halogens is 4. The predicted molar refractivity (Wildman–Crippen MR) is 148 cm³/mol. The van der Waals surface area contributed by atoms with E-state index in [9.17, 15) is 17.2 Å². The summed E-state index contributed by atoms with van der Waals surface area (Å²) in [5.74, 6) is -3.56. The molecule has 0 aliphatic rings. The minimum Gasteiger partial charge on any atom is -0.477 e. The summed E-state index contributed by atoms with van der Waals surface area (Å²) in [5.41, 5.74) is -0.904. The maximum Gasteiger partial charge on any atom is 0.267 e. The summed E-state index contributed by atoms with van der Waals surface area (Å²) in [4.78, 5) is 15.6. The van der Waals surface area contributed by atoms with Gasteiger partial charge in [0.2, 0.25) is 11.2 Å². The first-order chi connectivity index (χ1) is 18.8. The lowest BCUT2D eigenvalue weighted by Crippen LogP contribution is -2.23. The highest BCUT2D eigenvalue weighted by Crippen LogP contribution is 2.42. The van der Waals surface area contributed by atoms with Crippen molar-refractivity contribution in [3.05, 3.63) is 88.9 Å². The smallest absolute Gasteiger partial charge is 0.267 e. The van der Waals surface area contributed by atoms with E-state index < -0.39 is 43.5 Å². The fourth-order valence-corrected chi connectivity index (χ4v) is 6.01. The normalized spacial score (nSPS) is 11.8. The van der Waals surface area contributed by atoms with Gasteiger partial charge in [-0.15, -0.1) is 11.3 Å². The lowest BCUT2D eigenvalue weighted by molar-refractivity contribution is 0.158. The molecule has 2 aromatic carbocycles. The molecule has 40 heavy (non-hydrogen) atoms. The van der Waals surface area contributed by atoms with E-state index in [2.05, 4.69) is 33.2 Å². The van der Waals surface area contributed by atoms with Crippen LogP contribution in [0.4, 0.5) is 18.9 Å². The highest BCUT2D eigenvalue weighted by Gasteiger charge is 2.31. The van der Waals surface area contributed by atoms with E-state index in [4.69, 9.17) is 16.3 Å². The average molecular weight is 608 g/mol. The lowest BCUT2D eigenvalue weighted by Gasteiger charge is -2.21. The summed E-state index contributed by atoms with van der Waals surface area (Å²) in [6.07, 6.45) is 1.42. The first kappa shape index (κ1) is 29.2. The molecule has 0 atom stereocenters. The van der Waals surface area contributed by atoms with E-state index in [-0.39, 0.29) is 29.0 Å². The molecule has 0 fully saturated rings. The van der Waals surface area contributed by atoms with Gasteiger partial charge < -0.3 is 4.74 Å². The van der Waals surface area contributed by atoms with Gasteiger partial charge in [-0.2, -0.15) is 0 Å². The summed E-state index contributed by atoms with van der Waals surface area (Å²) in [6, 6.07) is 8.02. The Balaban J connectivity index is 1.83. The molecule has 0 radical (unpaired) electrons. The molecule has 0 saturated heterocycles. The number of aromatic nitrogens is 3. The fourth-order valence-electron chi connectivity index (χ4n) is 3.53. The molecular formula is C26H21ClF3N5O3S2. The molecule has 0 amide bonds. The molecule has 2 aromatic heterocycles. The van der Waals surface area contributed by atoms with Crippen molar-refractivity contribution >= 4 is 45.4 Å². The molecule has 1 N–H and O–H groups in total. The Morgan fingerprint density at radius 3 is 2.45 bits per heavy atom. The zero-order valence-electron chi connectivity index (χ0n) is 21.1. The number of nitrogens with one attached hydrogen (secondary N) is 1. The number of benzene rings is 2. The highest BCUT2D eigenvalue weighted by molar-refractivity contribution is 7.92. The van der Waals surface area contributed by atoms with Crippen molar-refractivity contribution in [3.8, 4) is 21.8 Å². The van der Waals surface area contributed by atoms with Crippen LogP contribution < -0.4 is 4.72 Å². The van der Waals surface area contributed by atoms with Crippen molar-refractivity contribution in [1.82, 2.24) is 15.0 Å². The third kappa shape index (κ3) is 6.01. The molecule has 0 unspecified atom stereocenters. The predicted octanol–water partition coefficient (Wildman–Crippen LogP) is 6.60. The highest BCUT2D eigenvalue weighted by atomic mass is 35.5. The lowest BCUT2D eigenvalue weighted by atomic mass is 9.96. The number of thiazole rings is 1. The molecule has 4 rings (SSSR count). The van der Waals surface area contributed by atoms with Gasteiger partial charge in [0.25, 0.3) is 10.0 Å². The Bertz CT molecular complexity index is 1710. The monoisotopic (exact) mass is 607 g/mol. The molecule has 0 bridgehead atoms. The van der Waals surface area contributed by atoms with Crippen LogP contribution in [-0.4, -0.2) is 36.7 Å². The second kappa shape index (κ2) is 11.4. The Labute approximate surface area is 237 Å². The van der Waals surface area contributed by atoms with Crippen LogP contribution in [0.3, 0.4) is 0 Å². The maximum atomic E-state index is 15.9. The Kier molecular flexibility index (Phi) is 8.28. The molecule has 0 aliphatic heterocycles. The SMILES string of the molecule is C=NC(=C)OCC(C)(C)c1nc(-c2cccc(NS(=O)(=O)c3c(F)cccc3F)c2F)c(-c2ccnc(Cl)n2)s1. The van der Waals surface area contributed by atoms with Gasteiger partial charge in [-0.1, -0.05) is 26.0 Å². The molecule has 208 valence electrons. The zero-order chi connectivity index (χ0) is 29.2. The van der Waals surface area contributed by atoms with Crippen molar-refractivity contribution in [3.63, 3.8) is 0 Å². The van der Waals surface area contributed by atoms with Crippen LogP contribution in [0.15, 0.2) is 71.0 Å². The largest absolute Gasteiger partial charge is 0.477 e. The molecule has 2 heterocycles. The van der Waals surface area contributed by atoms with Crippen LogP contribution in [0.1, 0.15) is 18.9 Å². The van der Waals surface area contributed by atoms with E-state index in [0.29, 0.717) is 15.6 Å². The molecule has 0 saturated carbocycles. The first-order valence-electron chi connectivity index (χ1n) is 11.4. The minimum absolute atomic E-state index is 0.0525. The van der Waals surface area contributed by atoms with Crippen molar-refractivity contribution in [2.24, 2.45) is 4.99 Å². The van der Waals surface area contributed by atoms with Gasteiger partial charge in [-0.25, -0.2) is 41.5 Å². The number of hydrogen-bond acceptors (Lipinski definition) is 8. The first-order valence-corrected chi connectivity index (χ1v) is 14.1. The van der Waals surface area contributed by atoms with Crippen molar-refractivity contribution in [1.29, 1.82) is 0 Å². The third-order valence-corrected chi connectivity index (χ3v) is 8.57. The van der Waals surface area contributed by atoms with Gasteiger partial charge in [0.15, 0.2) is 10.7 Å². The summed E-state index contributed by atoms with van der Waals surface area (Å²) in [7, 11) is -4.83. The number of anilines is 1. The molecule has 4 aromatic rings. The van der Waals surface area contributed by atoms with Gasteiger partial charge in [0.1, 0.15) is 23.2 Å². The van der Waals surface area contributed by atoms with Crippen LogP contribution in [0, 0.1) is 17.5 Å². The molecular weight excluding hydrogens is 587 g/mol. The van der Waals surface area contributed by atoms with Crippen LogP contribution >= 0.6 is 22.9 Å². The van der Waals surface area contributed by atoms with E-state index in [1.54, 1.807) is 6.07 Å². The summed E-state index contributed by atoms with van der Waals surface area (Å²) in [6.45, 7) is 10.8. The van der Waals surface area contributed by atoms with Gasteiger partial charge in [-0.3, -0.25) is 4.72 Å². The van der Waals surface area contributed by atoms with Gasteiger partial charge in [0, 0.05) is 11.8 Å². The van der Waals surface area contributed by atoms with Crippen LogP contribution in [0.25, 0.3) is 21.8 Å². The number of aliphatic imine (C=N–C) groups is 1. The Morgan fingerprint density at radius 1 is 1.12 bits per heavy atom. The molecule has 0 aliphatic carbocycles. The number of hydrogen-bond donors (Lipinski definition) is 1. The minimum atomic E-state index is -4.83. The fraction of sp³-hybridized carbons (Fsp3) is 0.154. The standard InChI is InChI=1S/C26H21ClF3N5O3S2/c1-14(31-4)38-13-26(2,3)24-34-21(22(39-24)19-11-12-32-25(27)33-19)15-7-5-10-18(20(15)30)35-40(36,37)23-16(28)8-6-9-17(23)29/h5-12,35H,1,4,13H2,2-3H3. The van der Waals surface area contributed by atoms with Gasteiger partial charge in [-0.05, 0) is 55.2 Å². The maximum absolute atomic E-state index is 15.9. The van der Waals surface area contributed by atoms with E-state index in [1.165, 1.54) is 29.7 Å². The van der Waals surface area contributed by atoms with Crippen LogP contribution in [0.2, 0.25) is 5.28 Å². The van der Waals surface area contributed by atoms with Crippen molar-refractivity contribution in [2.75, 3.05) is 11.3 Å². The van der Waals surface area contributed by atoms with Crippen LogP contribution in [-0.2, 0) is 20.2 Å². The van der Waals surface area contributed by atoms with Gasteiger partial charge in [0.05, 0.1) is 27.4 Å². The number of ether oxygens (including phenoxy) is 1. The summed E-state index contributed by atoms with van der Waals surface area (Å²) >= 11 is 7.20. The second-order valence-corrected chi connectivity index (χ2v) is 11.9. The second-order valence-electron chi connectivity index (χ2n) is 8.96. The number of rotatable bonds is 10. The molecule has 8 nitrogen and oxygen atoms in total. The zero-order valence-corrected chi connectivity index (χ0v) is 23.5. The topological polar surface area (TPSA) is 106 Å². The number of sulfonamides is 1. The van der Waals surface area contributed by atoms with Crippen molar-refractivity contribution in [2.45, 2.75) is 24.2 Å². The van der Waals surface area contributed by atoms with E-state index in [1.807, 2.05) is 18.6 Å².